The summed E-state index contributed by atoms with van der Waals surface area (Å²) in [4.78, 5) is 28.5. The maximum absolute atomic E-state index is 10.1. The molecule has 2 radical (unpaired) electrons. The van der Waals surface area contributed by atoms with Crippen LogP contribution in [0, 0.1) is 0 Å². The minimum Gasteiger partial charge on any atom is -0.652 e. The molecule has 0 aromatic carbocycles. The first kappa shape index (κ1) is 19.9. The first-order valence-corrected chi connectivity index (χ1v) is 6.01. The molecule has 0 aliphatic carbocycles. The maximum Gasteiger partial charge on any atom is 2.00 e. The molecule has 0 spiro atoms. The number of carbonyl (C=O) groups is 3. The predicted octanol–water partition coefficient (Wildman–Crippen LogP) is -3.18. The van der Waals surface area contributed by atoms with E-state index in [1.165, 1.54) is 13.8 Å². The molecule has 0 amide bonds. The van der Waals surface area contributed by atoms with Crippen molar-refractivity contribution in [2.45, 2.75) is 13.8 Å². The molecule has 7 nitrogen and oxygen atoms in total. The van der Waals surface area contributed by atoms with Gasteiger partial charge in [0, 0.05) is 0 Å². The molecule has 9 heteroatoms. The Labute approximate surface area is 123 Å². The Balaban J connectivity index is -0.000000209. The summed E-state index contributed by atoms with van der Waals surface area (Å²) in [6.07, 6.45) is -2.33. The van der Waals surface area contributed by atoms with Crippen LogP contribution in [-0.2, 0) is 15.0 Å². The molecular formula is C5H6CaO7Pb. The number of carbonyl (C=O) groups excluding carboxylic acids is 3. The van der Waals surface area contributed by atoms with E-state index in [0.717, 1.165) is 0 Å². The molecule has 14 heavy (non-hydrogen) atoms. The topological polar surface area (TPSA) is 116 Å². The van der Waals surface area contributed by atoms with E-state index in [9.17, 15) is 9.59 Å². The van der Waals surface area contributed by atoms with Gasteiger partial charge < -0.3 is 15.0 Å². The van der Waals surface area contributed by atoms with Gasteiger partial charge in [-0.2, -0.15) is 0 Å². The monoisotopic (exact) mass is 426 g/mol. The van der Waals surface area contributed by atoms with Gasteiger partial charge in [-0.15, -0.1) is 0 Å². The van der Waals surface area contributed by atoms with E-state index in [4.69, 9.17) is 15.0 Å². The third-order valence-corrected chi connectivity index (χ3v) is 3.25. The molecule has 0 aliphatic heterocycles. The van der Waals surface area contributed by atoms with Crippen molar-refractivity contribution in [1.29, 1.82) is 0 Å². The maximum atomic E-state index is 10.1. The molecule has 0 saturated carbocycles. The van der Waals surface area contributed by atoms with Crippen LogP contribution in [0.2, 0.25) is 0 Å². The first-order chi connectivity index (χ1) is 5.86. The van der Waals surface area contributed by atoms with Gasteiger partial charge in [0.05, 0.1) is 0 Å². The molecule has 0 saturated heterocycles. The van der Waals surface area contributed by atoms with Crippen molar-refractivity contribution in [1.82, 2.24) is 0 Å². The molecule has 0 bridgehead atoms. The fourth-order valence-electron chi connectivity index (χ4n) is 0.138. The molecular weight excluding hydrogens is 419 g/mol. The average Bonchev–Trinajstić information content (AvgIpc) is 1.83. The Morgan fingerprint density at radius 2 is 1.21 bits per heavy atom. The van der Waals surface area contributed by atoms with Gasteiger partial charge in [-0.3, -0.25) is 0 Å². The van der Waals surface area contributed by atoms with Gasteiger partial charge in [0.25, 0.3) is 0 Å². The van der Waals surface area contributed by atoms with Crippen molar-refractivity contribution in [3.8, 4) is 0 Å². The minimum atomic E-state index is -2.33. The predicted molar refractivity (Wildman–Crippen MR) is 40.4 cm³/mol. The molecule has 0 heterocycles. The van der Waals surface area contributed by atoms with Crippen molar-refractivity contribution < 1.29 is 30.0 Å². The number of hydrogen-bond donors (Lipinski definition) is 0. The summed E-state index contributed by atoms with van der Waals surface area (Å²) >= 11 is -1.82. The van der Waals surface area contributed by atoms with Crippen LogP contribution >= 0.6 is 0 Å². The van der Waals surface area contributed by atoms with Gasteiger partial charge >= 0.3 is 104 Å². The van der Waals surface area contributed by atoms with Gasteiger partial charge in [-0.25, -0.2) is 0 Å². The van der Waals surface area contributed by atoms with Crippen molar-refractivity contribution in [3.63, 3.8) is 0 Å². The molecule has 0 atom stereocenters. The second-order valence-electron chi connectivity index (χ2n) is 1.52. The fraction of sp³-hybridized carbons (Fsp3) is 0.400. The van der Waals surface area contributed by atoms with Gasteiger partial charge in [-0.05, 0) is 6.16 Å². The molecule has 0 aromatic rings. The van der Waals surface area contributed by atoms with Gasteiger partial charge in [-0.1, -0.05) is 0 Å². The third kappa shape index (κ3) is 39.4. The van der Waals surface area contributed by atoms with Crippen LogP contribution in [0.5, 0.6) is 0 Å². The second-order valence-corrected chi connectivity index (χ2v) is 3.76. The van der Waals surface area contributed by atoms with Crippen molar-refractivity contribution in [2.24, 2.45) is 0 Å². The zero-order valence-corrected chi connectivity index (χ0v) is 13.7. The van der Waals surface area contributed by atoms with Crippen molar-refractivity contribution in [3.05, 3.63) is 0 Å². The molecule has 0 unspecified atom stereocenters. The van der Waals surface area contributed by atoms with Crippen molar-refractivity contribution >= 4 is 81.0 Å². The Hall–Kier alpha value is 0.392. The Bertz CT molecular complexity index is 177. The summed E-state index contributed by atoms with van der Waals surface area (Å²) in [5, 5.41) is 16.7. The van der Waals surface area contributed by atoms with Crippen LogP contribution in [0.4, 0.5) is 4.79 Å². The van der Waals surface area contributed by atoms with Crippen molar-refractivity contribution in [2.75, 3.05) is 0 Å². The Kier molecular flexibility index (Phi) is 19.0. The van der Waals surface area contributed by atoms with Crippen LogP contribution in [0.1, 0.15) is 13.8 Å². The zero-order chi connectivity index (χ0) is 10.9. The van der Waals surface area contributed by atoms with E-state index in [0.29, 0.717) is 0 Å². The van der Waals surface area contributed by atoms with E-state index in [1.807, 2.05) is 0 Å². The Morgan fingerprint density at radius 3 is 1.36 bits per heavy atom. The fourth-order valence-corrected chi connectivity index (χ4v) is 1.21. The molecule has 0 aromatic heterocycles. The van der Waals surface area contributed by atoms with E-state index >= 15 is 0 Å². The molecule has 0 aliphatic rings. The van der Waals surface area contributed by atoms with E-state index in [2.05, 4.69) is 5.37 Å². The van der Waals surface area contributed by atoms with Gasteiger partial charge in [0.1, 0.15) is 0 Å². The zero-order valence-electron chi connectivity index (χ0n) is 7.56. The quantitative estimate of drug-likeness (QED) is 0.429. The van der Waals surface area contributed by atoms with E-state index < -0.39 is 31.3 Å². The van der Waals surface area contributed by atoms with Crippen LogP contribution in [0.3, 0.4) is 0 Å². The van der Waals surface area contributed by atoms with Crippen LogP contribution in [0.15, 0.2) is 0 Å². The second kappa shape index (κ2) is 13.4. The summed E-state index contributed by atoms with van der Waals surface area (Å²) in [5.41, 5.74) is 0. The average molecular weight is 425 g/mol. The summed E-state index contributed by atoms with van der Waals surface area (Å²) in [7, 11) is 0. The summed E-state index contributed by atoms with van der Waals surface area (Å²) < 4.78 is 8.93. The summed E-state index contributed by atoms with van der Waals surface area (Å²) in [6, 6.07) is 0. The Morgan fingerprint density at radius 1 is 1.00 bits per heavy atom. The smallest absolute Gasteiger partial charge is 0.652 e. The standard InChI is InChI=1S/2C2H4O2.CH2O3.Ca.Pb/c2*1-2(3)4;2-1(3)4;;/h2*1H3,(H,3,4);(H2,2,3,4);;/q;;;2*+2/p-4. The van der Waals surface area contributed by atoms with Gasteiger partial charge in [0.15, 0.2) is 0 Å². The van der Waals surface area contributed by atoms with E-state index in [-0.39, 0.29) is 49.7 Å². The third-order valence-electron chi connectivity index (χ3n) is 0.371. The van der Waals surface area contributed by atoms with Crippen LogP contribution in [-0.4, -0.2) is 81.0 Å². The number of hydrogen-bond acceptors (Lipinski definition) is 7. The van der Waals surface area contributed by atoms with Gasteiger partial charge in [0.2, 0.25) is 0 Å². The summed E-state index contributed by atoms with van der Waals surface area (Å²) in [6.45, 7) is 2.58. The number of carboxylic acid groups (broad SMARTS) is 2. The first-order valence-electron chi connectivity index (χ1n) is 2.84. The molecule has 74 valence electrons. The molecule has 0 rings (SSSR count). The van der Waals surface area contributed by atoms with E-state index in [1.54, 1.807) is 0 Å². The minimum absolute atomic E-state index is 0. The molecule has 0 fully saturated rings. The largest absolute Gasteiger partial charge is 2.00 e. The van der Waals surface area contributed by atoms with Crippen LogP contribution < -0.4 is 10.2 Å². The van der Waals surface area contributed by atoms with Crippen LogP contribution in [0.25, 0.3) is 0 Å². The molecule has 0 N–H and O–H groups in total. The normalized spacial score (nSPS) is 7.00. The summed E-state index contributed by atoms with van der Waals surface area (Å²) in [5.74, 6) is -0.751. The SMILES string of the molecule is CC(=O)[O][Pb][O]C(C)=O.O=C([O-])[O-].[Ca+2]. The number of rotatable bonds is 2.